The molecular weight excluding hydrogens is 555 g/mol. The lowest BCUT2D eigenvalue weighted by Crippen LogP contribution is -2.40. The molecule has 1 aliphatic carbocycles. The van der Waals surface area contributed by atoms with Crippen molar-refractivity contribution in [3.8, 4) is 0 Å². The fraction of sp³-hybridized carbons (Fsp3) is 0.433. The Kier molecular flexibility index (Phi) is 7.80. The Balaban J connectivity index is 1.50. The lowest BCUT2D eigenvalue weighted by molar-refractivity contribution is -0.143. The van der Waals surface area contributed by atoms with Crippen LogP contribution in [-0.4, -0.2) is 40.7 Å². The summed E-state index contributed by atoms with van der Waals surface area (Å²) in [4.78, 5) is 14.9. The molecule has 1 saturated heterocycles. The molecule has 0 aromatic heterocycles. The van der Waals surface area contributed by atoms with E-state index in [-0.39, 0.29) is 30.5 Å². The van der Waals surface area contributed by atoms with Crippen LogP contribution in [0.4, 0.5) is 30.7 Å². The normalized spacial score (nSPS) is 26.0. The first-order valence-corrected chi connectivity index (χ1v) is 13.3. The van der Waals surface area contributed by atoms with Gasteiger partial charge in [0, 0.05) is 12.5 Å². The molecule has 2 aromatic carbocycles. The molecule has 11 heteroatoms. The van der Waals surface area contributed by atoms with Crippen molar-refractivity contribution in [1.29, 1.82) is 0 Å². The fourth-order valence-corrected chi connectivity index (χ4v) is 5.95. The standard InChI is InChI=1S/C30H28F7NO3/c1-16(19-10-21(29(32,33)34)14-22(11-19)30(35,36)37)41-26-15-38-25(28(26)18-2-6-23(31)7-3-18)12-20(13-27(38)40)17-4-8-24(39)9-5-17/h2-4,6-7,10-12,14,16,24-26,28,39H,5,8-9,13,15H2,1H3/t16-,24?,25?,26?,28+/m1/s1. The first-order valence-electron chi connectivity index (χ1n) is 13.3. The minimum Gasteiger partial charge on any atom is -0.393 e. The Bertz CT molecular complexity index is 1330. The maximum Gasteiger partial charge on any atom is 0.416 e. The molecule has 2 aromatic rings. The quantitative estimate of drug-likeness (QED) is 0.382. The number of carbonyl (C=O) groups excluding carboxylic acids is 1. The van der Waals surface area contributed by atoms with Crippen LogP contribution in [-0.2, 0) is 21.9 Å². The van der Waals surface area contributed by atoms with Gasteiger partial charge < -0.3 is 14.7 Å². The molecule has 1 fully saturated rings. The summed E-state index contributed by atoms with van der Waals surface area (Å²) < 4.78 is 101. The van der Waals surface area contributed by atoms with Gasteiger partial charge in [0.15, 0.2) is 0 Å². The third-order valence-corrected chi connectivity index (χ3v) is 8.05. The Labute approximate surface area is 232 Å². The minimum atomic E-state index is -5.00. The van der Waals surface area contributed by atoms with E-state index in [4.69, 9.17) is 4.74 Å². The van der Waals surface area contributed by atoms with Crippen LogP contribution in [0.1, 0.15) is 66.9 Å². The summed E-state index contributed by atoms with van der Waals surface area (Å²) in [5.74, 6) is -1.23. The van der Waals surface area contributed by atoms with Gasteiger partial charge in [-0.3, -0.25) is 4.79 Å². The number of hydrogen-bond acceptors (Lipinski definition) is 3. The van der Waals surface area contributed by atoms with Crippen LogP contribution in [0.5, 0.6) is 0 Å². The number of fused-ring (bicyclic) bond motifs is 1. The Morgan fingerprint density at radius 2 is 1.61 bits per heavy atom. The SMILES string of the molecule is C[C@@H](OC1CN2C(=O)CC(C3=CCC(O)CC3)=CC2[C@@H]1c1ccc(F)cc1)c1cc(C(F)(F)F)cc(C(F)(F)F)c1. The summed E-state index contributed by atoms with van der Waals surface area (Å²) >= 11 is 0. The summed E-state index contributed by atoms with van der Waals surface area (Å²) in [6.45, 7) is 1.43. The molecule has 3 unspecified atom stereocenters. The van der Waals surface area contributed by atoms with Gasteiger partial charge in [-0.1, -0.05) is 24.3 Å². The van der Waals surface area contributed by atoms with Gasteiger partial charge in [0.1, 0.15) is 5.82 Å². The van der Waals surface area contributed by atoms with Gasteiger partial charge >= 0.3 is 12.4 Å². The maximum atomic E-state index is 13.8. The number of benzene rings is 2. The average molecular weight is 584 g/mol. The molecule has 5 rings (SSSR count). The first kappa shape index (κ1) is 29.3. The van der Waals surface area contributed by atoms with Gasteiger partial charge in [0.2, 0.25) is 5.91 Å². The number of rotatable bonds is 5. The number of halogens is 7. The Morgan fingerprint density at radius 1 is 0.976 bits per heavy atom. The van der Waals surface area contributed by atoms with Crippen LogP contribution in [0.15, 0.2) is 65.8 Å². The van der Waals surface area contributed by atoms with Crippen molar-refractivity contribution < 1.29 is 45.4 Å². The minimum absolute atomic E-state index is 0.0580. The molecule has 1 N–H and O–H groups in total. The highest BCUT2D eigenvalue weighted by molar-refractivity contribution is 5.83. The van der Waals surface area contributed by atoms with E-state index in [0.717, 1.165) is 11.1 Å². The second-order valence-electron chi connectivity index (χ2n) is 10.8. The van der Waals surface area contributed by atoms with Gasteiger partial charge in [-0.15, -0.1) is 0 Å². The van der Waals surface area contributed by atoms with E-state index in [1.54, 1.807) is 17.0 Å². The van der Waals surface area contributed by atoms with E-state index in [1.807, 2.05) is 12.2 Å². The predicted molar refractivity (Wildman–Crippen MR) is 135 cm³/mol. The monoisotopic (exact) mass is 583 g/mol. The van der Waals surface area contributed by atoms with E-state index in [9.17, 15) is 40.6 Å². The summed E-state index contributed by atoms with van der Waals surface area (Å²) in [5.41, 5.74) is -0.785. The zero-order chi connectivity index (χ0) is 29.7. The zero-order valence-corrected chi connectivity index (χ0v) is 22.0. The van der Waals surface area contributed by atoms with Crippen molar-refractivity contribution in [2.45, 2.75) is 75.2 Å². The van der Waals surface area contributed by atoms with Crippen LogP contribution in [0, 0.1) is 5.82 Å². The number of aliphatic hydroxyl groups is 1. The summed E-state index contributed by atoms with van der Waals surface area (Å²) in [6.07, 6.45) is -6.82. The predicted octanol–water partition coefficient (Wildman–Crippen LogP) is 7.11. The van der Waals surface area contributed by atoms with Crippen molar-refractivity contribution in [1.82, 2.24) is 4.90 Å². The molecule has 0 radical (unpaired) electrons. The fourth-order valence-electron chi connectivity index (χ4n) is 5.95. The van der Waals surface area contributed by atoms with Crippen LogP contribution < -0.4 is 0 Å². The lowest BCUT2D eigenvalue weighted by Gasteiger charge is -2.33. The smallest absolute Gasteiger partial charge is 0.393 e. The first-order chi connectivity index (χ1) is 19.2. The number of carbonyl (C=O) groups is 1. The van der Waals surface area contributed by atoms with Gasteiger partial charge in [0.05, 0.1) is 41.9 Å². The lowest BCUT2D eigenvalue weighted by atomic mass is 9.83. The number of allylic oxidation sites excluding steroid dienone is 1. The van der Waals surface area contributed by atoms with Crippen LogP contribution in [0.3, 0.4) is 0 Å². The maximum absolute atomic E-state index is 13.8. The second-order valence-corrected chi connectivity index (χ2v) is 10.8. The third-order valence-electron chi connectivity index (χ3n) is 8.05. The summed E-state index contributed by atoms with van der Waals surface area (Å²) in [5, 5.41) is 9.87. The van der Waals surface area contributed by atoms with E-state index >= 15 is 0 Å². The molecule has 41 heavy (non-hydrogen) atoms. The van der Waals surface area contributed by atoms with Crippen molar-refractivity contribution in [3.05, 3.63) is 93.8 Å². The Hall–Kier alpha value is -3.18. The van der Waals surface area contributed by atoms with E-state index in [1.165, 1.54) is 19.1 Å². The van der Waals surface area contributed by atoms with Crippen LogP contribution >= 0.6 is 0 Å². The molecule has 0 bridgehead atoms. The molecule has 0 saturated carbocycles. The van der Waals surface area contributed by atoms with Crippen LogP contribution in [0.2, 0.25) is 0 Å². The number of alkyl halides is 6. The molecule has 4 nitrogen and oxygen atoms in total. The molecular formula is C30H28F7NO3. The van der Waals surface area contributed by atoms with Gasteiger partial charge in [-0.05, 0) is 78.8 Å². The molecule has 5 atom stereocenters. The highest BCUT2D eigenvalue weighted by atomic mass is 19.4. The molecule has 1 amide bonds. The molecule has 2 heterocycles. The number of amides is 1. The van der Waals surface area contributed by atoms with Gasteiger partial charge in [0.25, 0.3) is 0 Å². The van der Waals surface area contributed by atoms with Gasteiger partial charge in [-0.2, -0.15) is 26.3 Å². The number of aliphatic hydroxyl groups excluding tert-OH is 1. The second kappa shape index (κ2) is 10.9. The molecule has 220 valence electrons. The average Bonchev–Trinajstić information content (AvgIpc) is 3.26. The molecule has 0 spiro atoms. The highest BCUT2D eigenvalue weighted by Gasteiger charge is 2.47. The van der Waals surface area contributed by atoms with Crippen molar-refractivity contribution in [2.75, 3.05) is 6.54 Å². The zero-order valence-electron chi connectivity index (χ0n) is 22.0. The molecule has 3 aliphatic rings. The van der Waals surface area contributed by atoms with Crippen molar-refractivity contribution in [2.24, 2.45) is 0 Å². The highest BCUT2D eigenvalue weighted by Crippen LogP contribution is 2.44. The Morgan fingerprint density at radius 3 is 2.17 bits per heavy atom. The summed E-state index contributed by atoms with van der Waals surface area (Å²) in [7, 11) is 0. The largest absolute Gasteiger partial charge is 0.416 e. The van der Waals surface area contributed by atoms with Crippen molar-refractivity contribution >= 4 is 5.91 Å². The van der Waals surface area contributed by atoms with Gasteiger partial charge in [-0.25, -0.2) is 4.39 Å². The number of hydrogen-bond donors (Lipinski definition) is 1. The topological polar surface area (TPSA) is 49.8 Å². The van der Waals surface area contributed by atoms with Crippen LogP contribution in [0.25, 0.3) is 0 Å². The third kappa shape index (κ3) is 6.21. The van der Waals surface area contributed by atoms with E-state index < -0.39 is 59.6 Å². The summed E-state index contributed by atoms with van der Waals surface area (Å²) in [6, 6.07) is 6.41. The number of nitrogens with zero attached hydrogens (tertiary/aromatic N) is 1. The van der Waals surface area contributed by atoms with Crippen molar-refractivity contribution in [3.63, 3.8) is 0 Å². The van der Waals surface area contributed by atoms with E-state index in [0.29, 0.717) is 37.0 Å². The number of ether oxygens (including phenoxy) is 1. The molecule has 2 aliphatic heterocycles. The van der Waals surface area contributed by atoms with E-state index in [2.05, 4.69) is 0 Å².